The van der Waals surface area contributed by atoms with Crippen molar-refractivity contribution in [1.82, 2.24) is 15.2 Å². The third-order valence-electron chi connectivity index (χ3n) is 4.11. The Kier molecular flexibility index (Phi) is 7.99. The van der Waals surface area contributed by atoms with E-state index in [1.807, 2.05) is 45.3 Å². The van der Waals surface area contributed by atoms with Gasteiger partial charge >= 0.3 is 6.09 Å². The predicted molar refractivity (Wildman–Crippen MR) is 112 cm³/mol. The minimum absolute atomic E-state index is 0.167. The molecule has 2 amide bonds. The highest BCUT2D eigenvalue weighted by Gasteiger charge is 2.23. The summed E-state index contributed by atoms with van der Waals surface area (Å²) in [5.74, 6) is 0. The smallest absolute Gasteiger partial charge is 0.410 e. The number of amides is 2. The average Bonchev–Trinajstić information content (AvgIpc) is 3.31. The van der Waals surface area contributed by atoms with E-state index in [4.69, 9.17) is 4.74 Å². The zero-order valence-electron chi connectivity index (χ0n) is 17.0. The summed E-state index contributed by atoms with van der Waals surface area (Å²) in [4.78, 5) is 28.7. The number of carbonyl (C=O) groups is 2. The zero-order chi connectivity index (χ0) is 20.6. The van der Waals surface area contributed by atoms with Gasteiger partial charge in [0, 0.05) is 19.6 Å². The van der Waals surface area contributed by atoms with E-state index in [-0.39, 0.29) is 11.7 Å². The molecule has 0 radical (unpaired) electrons. The fourth-order valence-corrected chi connectivity index (χ4v) is 3.55. The lowest BCUT2D eigenvalue weighted by molar-refractivity contribution is -0.109. The average molecular weight is 404 g/mol. The molecule has 0 spiro atoms. The van der Waals surface area contributed by atoms with Gasteiger partial charge in [0.15, 0.2) is 0 Å². The van der Waals surface area contributed by atoms with Gasteiger partial charge in [-0.05, 0) is 51.7 Å². The fourth-order valence-electron chi connectivity index (χ4n) is 2.74. The molecule has 1 N–H and O–H groups in total. The van der Waals surface area contributed by atoms with E-state index in [1.54, 1.807) is 16.2 Å². The monoisotopic (exact) mass is 403 g/mol. The Balaban J connectivity index is 0.000000209. The lowest BCUT2D eigenvalue weighted by Crippen LogP contribution is -2.34. The number of carbonyl (C=O) groups excluding carboxylic acids is 2. The van der Waals surface area contributed by atoms with Crippen molar-refractivity contribution < 1.29 is 14.3 Å². The van der Waals surface area contributed by atoms with Crippen LogP contribution in [0.3, 0.4) is 0 Å². The fraction of sp³-hybridized carbons (Fsp3) is 0.476. The second-order valence-electron chi connectivity index (χ2n) is 7.64. The van der Waals surface area contributed by atoms with Crippen molar-refractivity contribution in [2.45, 2.75) is 52.7 Å². The lowest BCUT2D eigenvalue weighted by Gasteiger charge is -2.23. The van der Waals surface area contributed by atoms with Crippen LogP contribution in [-0.4, -0.2) is 41.1 Å². The standard InChI is InChI=1S/C12H12N2OS.C9H17NO2/c1-9-12(16-8-14-9)11-4-2-10(3-5-11)6-13-7-15;1-9(2,3)12-8(11)10-6-4-5-7-10/h2-5,7-8H,6H2,1H3,(H,13,15);4-7H2,1-3H3. The molecule has 0 bridgehead atoms. The van der Waals surface area contributed by atoms with Gasteiger partial charge in [0.05, 0.1) is 16.1 Å². The van der Waals surface area contributed by atoms with Gasteiger partial charge < -0.3 is 15.0 Å². The number of nitrogens with zero attached hydrogens (tertiary/aromatic N) is 2. The van der Waals surface area contributed by atoms with Crippen LogP contribution in [0, 0.1) is 6.92 Å². The molecule has 152 valence electrons. The minimum Gasteiger partial charge on any atom is -0.444 e. The van der Waals surface area contributed by atoms with Gasteiger partial charge in [-0.25, -0.2) is 9.78 Å². The van der Waals surface area contributed by atoms with Crippen molar-refractivity contribution in [3.63, 3.8) is 0 Å². The number of aromatic nitrogens is 1. The molecule has 1 aromatic carbocycles. The van der Waals surface area contributed by atoms with Gasteiger partial charge in [0.1, 0.15) is 5.60 Å². The van der Waals surface area contributed by atoms with Crippen molar-refractivity contribution in [1.29, 1.82) is 0 Å². The van der Waals surface area contributed by atoms with Gasteiger partial charge in [-0.2, -0.15) is 0 Å². The van der Waals surface area contributed by atoms with Crippen LogP contribution in [-0.2, 0) is 16.1 Å². The van der Waals surface area contributed by atoms with E-state index in [1.165, 1.54) is 10.4 Å². The van der Waals surface area contributed by atoms with Crippen molar-refractivity contribution in [3.8, 4) is 10.4 Å². The summed E-state index contributed by atoms with van der Waals surface area (Å²) in [6.45, 7) is 9.96. The number of nitrogens with one attached hydrogen (secondary N) is 1. The van der Waals surface area contributed by atoms with Crippen LogP contribution in [0.5, 0.6) is 0 Å². The first-order valence-electron chi connectivity index (χ1n) is 9.44. The number of hydrogen-bond donors (Lipinski definition) is 1. The Hall–Kier alpha value is -2.41. The molecule has 6 nitrogen and oxygen atoms in total. The molecule has 1 saturated heterocycles. The van der Waals surface area contributed by atoms with Gasteiger partial charge in [0.2, 0.25) is 6.41 Å². The highest BCUT2D eigenvalue weighted by Crippen LogP contribution is 2.27. The number of hydrogen-bond acceptors (Lipinski definition) is 5. The lowest BCUT2D eigenvalue weighted by atomic mass is 10.1. The van der Waals surface area contributed by atoms with Gasteiger partial charge in [-0.15, -0.1) is 11.3 Å². The largest absolute Gasteiger partial charge is 0.444 e. The second-order valence-corrected chi connectivity index (χ2v) is 8.49. The van der Waals surface area contributed by atoms with E-state index in [0.29, 0.717) is 13.0 Å². The van der Waals surface area contributed by atoms with E-state index in [2.05, 4.69) is 22.4 Å². The Morgan fingerprint density at radius 3 is 2.39 bits per heavy atom. The highest BCUT2D eigenvalue weighted by atomic mass is 32.1. The molecule has 3 rings (SSSR count). The summed E-state index contributed by atoms with van der Waals surface area (Å²) in [5.41, 5.74) is 4.82. The van der Waals surface area contributed by atoms with Crippen molar-refractivity contribution in [2.24, 2.45) is 0 Å². The van der Waals surface area contributed by atoms with E-state index < -0.39 is 0 Å². The Morgan fingerprint density at radius 1 is 1.25 bits per heavy atom. The van der Waals surface area contributed by atoms with Crippen LogP contribution in [0.15, 0.2) is 29.8 Å². The first-order valence-corrected chi connectivity index (χ1v) is 10.3. The molecule has 28 heavy (non-hydrogen) atoms. The molecule has 1 aliphatic heterocycles. The Bertz CT molecular complexity index is 760. The molecule has 1 aromatic heterocycles. The number of benzene rings is 1. The maximum Gasteiger partial charge on any atom is 0.410 e. The van der Waals surface area contributed by atoms with Crippen molar-refractivity contribution >= 4 is 23.8 Å². The Morgan fingerprint density at radius 2 is 1.89 bits per heavy atom. The minimum atomic E-state index is -0.361. The van der Waals surface area contributed by atoms with Gasteiger partial charge in [-0.1, -0.05) is 24.3 Å². The molecule has 7 heteroatoms. The molecule has 2 aromatic rings. The summed E-state index contributed by atoms with van der Waals surface area (Å²) in [6.07, 6.45) is 2.76. The number of rotatable bonds is 4. The zero-order valence-corrected chi connectivity index (χ0v) is 17.8. The van der Waals surface area contributed by atoms with Crippen LogP contribution < -0.4 is 5.32 Å². The molecule has 0 atom stereocenters. The molecule has 1 aliphatic rings. The molecule has 1 fully saturated rings. The molecule has 2 heterocycles. The van der Waals surface area contributed by atoms with Gasteiger partial charge in [-0.3, -0.25) is 4.79 Å². The maximum absolute atomic E-state index is 11.4. The van der Waals surface area contributed by atoms with Crippen molar-refractivity contribution in [3.05, 3.63) is 41.0 Å². The molecule has 0 unspecified atom stereocenters. The summed E-state index contributed by atoms with van der Waals surface area (Å²) >= 11 is 1.64. The van der Waals surface area contributed by atoms with E-state index in [0.717, 1.165) is 37.2 Å². The number of likely N-dealkylation sites (tertiary alicyclic amines) is 1. The van der Waals surface area contributed by atoms with Crippen LogP contribution in [0.4, 0.5) is 4.79 Å². The van der Waals surface area contributed by atoms with Crippen LogP contribution >= 0.6 is 11.3 Å². The second kappa shape index (κ2) is 10.2. The number of ether oxygens (including phenoxy) is 1. The van der Waals surface area contributed by atoms with Crippen LogP contribution in [0.25, 0.3) is 10.4 Å². The summed E-state index contributed by atoms with van der Waals surface area (Å²) in [7, 11) is 0. The van der Waals surface area contributed by atoms with E-state index >= 15 is 0 Å². The van der Waals surface area contributed by atoms with Crippen LogP contribution in [0.2, 0.25) is 0 Å². The summed E-state index contributed by atoms with van der Waals surface area (Å²) < 4.78 is 5.21. The Labute approximate surface area is 170 Å². The molecular weight excluding hydrogens is 374 g/mol. The normalized spacial score (nSPS) is 13.5. The third-order valence-corrected chi connectivity index (χ3v) is 5.09. The molecule has 0 aliphatic carbocycles. The molecular formula is C21H29N3O3S. The first-order chi connectivity index (χ1) is 13.3. The quantitative estimate of drug-likeness (QED) is 0.769. The summed E-state index contributed by atoms with van der Waals surface area (Å²) in [5, 5.41) is 2.64. The predicted octanol–water partition coefficient (Wildman–Crippen LogP) is 4.38. The van der Waals surface area contributed by atoms with Crippen LogP contribution in [0.1, 0.15) is 44.9 Å². The number of thiazole rings is 1. The van der Waals surface area contributed by atoms with E-state index in [9.17, 15) is 9.59 Å². The molecule has 0 saturated carbocycles. The third kappa shape index (κ3) is 6.96. The van der Waals surface area contributed by atoms with Gasteiger partial charge in [0.25, 0.3) is 0 Å². The SMILES string of the molecule is CC(C)(C)OC(=O)N1CCCC1.Cc1ncsc1-c1ccc(CNC=O)cc1. The topological polar surface area (TPSA) is 71.5 Å². The summed E-state index contributed by atoms with van der Waals surface area (Å²) in [6, 6.07) is 8.15. The highest BCUT2D eigenvalue weighted by molar-refractivity contribution is 7.13. The first kappa shape index (κ1) is 21.9. The number of aryl methyl sites for hydroxylation is 1. The van der Waals surface area contributed by atoms with Crippen molar-refractivity contribution in [2.75, 3.05) is 13.1 Å². The maximum atomic E-state index is 11.4.